The Labute approximate surface area is 153 Å². The molecule has 0 saturated carbocycles. The van der Waals surface area contributed by atoms with Crippen molar-refractivity contribution in [3.05, 3.63) is 0 Å². The maximum atomic E-state index is 12.3. The number of thioether (sulfide) groups is 1. The molecule has 142 valence electrons. The van der Waals surface area contributed by atoms with Gasteiger partial charge in [0, 0.05) is 13.1 Å². The van der Waals surface area contributed by atoms with E-state index in [9.17, 15) is 9.90 Å². The summed E-state index contributed by atoms with van der Waals surface area (Å²) in [5.41, 5.74) is -0.466. The van der Waals surface area contributed by atoms with Gasteiger partial charge in [0.1, 0.15) is 0 Å². The van der Waals surface area contributed by atoms with Gasteiger partial charge in [-0.3, -0.25) is 4.79 Å². The second-order valence-electron chi connectivity index (χ2n) is 9.23. The summed E-state index contributed by atoms with van der Waals surface area (Å²) in [6, 6.07) is 0. The molecule has 2 atom stereocenters. The highest BCUT2D eigenvalue weighted by Crippen LogP contribution is 2.34. The number of amides is 1. The van der Waals surface area contributed by atoms with E-state index in [-0.39, 0.29) is 5.41 Å². The van der Waals surface area contributed by atoms with Crippen molar-refractivity contribution in [2.75, 3.05) is 32.9 Å². The highest BCUT2D eigenvalue weighted by Gasteiger charge is 2.36. The summed E-state index contributed by atoms with van der Waals surface area (Å²) in [6.45, 7) is 12.3. The number of hydrogen-bond acceptors (Lipinski definition) is 4. The Kier molecular flexibility index (Phi) is 8.08. The van der Waals surface area contributed by atoms with E-state index in [2.05, 4.69) is 44.7 Å². The molecular formula is C19H38N2O2S. The van der Waals surface area contributed by atoms with Crippen LogP contribution in [0.25, 0.3) is 0 Å². The maximum absolute atomic E-state index is 12.3. The summed E-state index contributed by atoms with van der Waals surface area (Å²) >= 11 is 1.80. The van der Waals surface area contributed by atoms with Gasteiger partial charge in [-0.25, -0.2) is 0 Å². The molecule has 0 radical (unpaired) electrons. The van der Waals surface area contributed by atoms with E-state index in [1.807, 2.05) is 13.8 Å². The molecular weight excluding hydrogens is 320 g/mol. The Morgan fingerprint density at radius 1 is 1.33 bits per heavy atom. The molecule has 0 aromatic carbocycles. The lowest BCUT2D eigenvalue weighted by Crippen LogP contribution is -2.44. The molecule has 24 heavy (non-hydrogen) atoms. The third-order valence-electron chi connectivity index (χ3n) is 4.50. The summed E-state index contributed by atoms with van der Waals surface area (Å²) in [6.07, 6.45) is 4.06. The van der Waals surface area contributed by atoms with Crippen molar-refractivity contribution in [2.24, 2.45) is 11.3 Å². The van der Waals surface area contributed by atoms with Crippen LogP contribution in [0.3, 0.4) is 0 Å². The van der Waals surface area contributed by atoms with E-state index < -0.39 is 5.60 Å². The third-order valence-corrected chi connectivity index (χ3v) is 5.74. The first kappa shape index (κ1) is 21.8. The first-order valence-corrected chi connectivity index (χ1v) is 10.2. The van der Waals surface area contributed by atoms with Gasteiger partial charge in [-0.1, -0.05) is 33.6 Å². The quantitative estimate of drug-likeness (QED) is 0.650. The zero-order chi connectivity index (χ0) is 18.5. The molecule has 1 fully saturated rings. The van der Waals surface area contributed by atoms with Crippen molar-refractivity contribution in [3.8, 4) is 0 Å². The van der Waals surface area contributed by atoms with Crippen LogP contribution in [0, 0.1) is 11.3 Å². The van der Waals surface area contributed by atoms with Crippen LogP contribution in [0.5, 0.6) is 0 Å². The first-order chi connectivity index (χ1) is 10.9. The first-order valence-electron chi connectivity index (χ1n) is 9.18. The molecule has 2 unspecified atom stereocenters. The molecule has 1 saturated heterocycles. The van der Waals surface area contributed by atoms with E-state index >= 15 is 0 Å². The standard InChI is InChI=1S/C19H38N2O2S/c1-15(9-8-10-19(4,5)23)11-17-21(16(22)12-24-17)14-18(2,3)13-20(6)7/h15,17,23H,8-14H2,1-7H3. The number of rotatable bonds is 10. The maximum Gasteiger partial charge on any atom is 0.233 e. The average molecular weight is 359 g/mol. The van der Waals surface area contributed by atoms with Crippen molar-refractivity contribution >= 4 is 17.7 Å². The molecule has 0 aromatic heterocycles. The van der Waals surface area contributed by atoms with Crippen LogP contribution in [0.4, 0.5) is 0 Å². The number of aliphatic hydroxyl groups is 1. The molecule has 1 rings (SSSR count). The molecule has 0 bridgehead atoms. The minimum Gasteiger partial charge on any atom is -0.390 e. The third kappa shape index (κ3) is 8.21. The normalized spacial score (nSPS) is 21.0. The van der Waals surface area contributed by atoms with Gasteiger partial charge in [-0.15, -0.1) is 11.8 Å². The highest BCUT2D eigenvalue weighted by atomic mass is 32.2. The molecule has 4 nitrogen and oxygen atoms in total. The van der Waals surface area contributed by atoms with Crippen molar-refractivity contribution in [3.63, 3.8) is 0 Å². The average Bonchev–Trinajstić information content (AvgIpc) is 2.67. The fraction of sp³-hybridized carbons (Fsp3) is 0.947. The SMILES string of the molecule is CC(CCCC(C)(C)O)CC1SCC(=O)N1CC(C)(C)CN(C)C. The Bertz CT molecular complexity index is 405. The van der Waals surface area contributed by atoms with Crippen molar-refractivity contribution in [1.29, 1.82) is 0 Å². The molecule has 1 N–H and O–H groups in total. The Balaban J connectivity index is 2.52. The smallest absolute Gasteiger partial charge is 0.233 e. The van der Waals surface area contributed by atoms with Crippen LogP contribution in [0.2, 0.25) is 0 Å². The summed E-state index contributed by atoms with van der Waals surface area (Å²) in [5, 5.41) is 10.1. The summed E-state index contributed by atoms with van der Waals surface area (Å²) in [7, 11) is 4.18. The van der Waals surface area contributed by atoms with Crippen LogP contribution < -0.4 is 0 Å². The molecule has 0 aromatic rings. The minimum absolute atomic E-state index is 0.104. The highest BCUT2D eigenvalue weighted by molar-refractivity contribution is 8.00. The Hall–Kier alpha value is -0.260. The van der Waals surface area contributed by atoms with Gasteiger partial charge >= 0.3 is 0 Å². The lowest BCUT2D eigenvalue weighted by atomic mass is 9.91. The molecule has 1 aliphatic rings. The monoisotopic (exact) mass is 358 g/mol. The molecule has 1 amide bonds. The number of hydrogen-bond donors (Lipinski definition) is 1. The van der Waals surface area contributed by atoms with E-state index in [1.165, 1.54) is 0 Å². The molecule has 1 aliphatic heterocycles. The number of carbonyl (C=O) groups excluding carboxylic acids is 1. The summed E-state index contributed by atoms with van der Waals surface area (Å²) in [4.78, 5) is 16.6. The van der Waals surface area contributed by atoms with Gasteiger partial charge in [0.15, 0.2) is 0 Å². The van der Waals surface area contributed by atoms with Gasteiger partial charge in [0.25, 0.3) is 0 Å². The van der Waals surface area contributed by atoms with Crippen LogP contribution in [-0.2, 0) is 4.79 Å². The van der Waals surface area contributed by atoms with Gasteiger partial charge in [-0.05, 0) is 52.1 Å². The number of carbonyl (C=O) groups is 1. The molecule has 1 heterocycles. The fourth-order valence-corrected chi connectivity index (χ4v) is 4.94. The lowest BCUT2D eigenvalue weighted by molar-refractivity contribution is -0.129. The van der Waals surface area contributed by atoms with E-state index in [0.717, 1.165) is 38.8 Å². The predicted molar refractivity (Wildman–Crippen MR) is 104 cm³/mol. The van der Waals surface area contributed by atoms with Gasteiger partial charge in [0.05, 0.1) is 16.7 Å². The Morgan fingerprint density at radius 3 is 2.50 bits per heavy atom. The lowest BCUT2D eigenvalue weighted by Gasteiger charge is -2.36. The summed E-state index contributed by atoms with van der Waals surface area (Å²) in [5.74, 6) is 1.50. The fourth-order valence-electron chi connectivity index (χ4n) is 3.60. The Morgan fingerprint density at radius 2 is 1.96 bits per heavy atom. The predicted octanol–water partition coefficient (Wildman–Crippen LogP) is 3.44. The van der Waals surface area contributed by atoms with Crippen LogP contribution in [-0.4, -0.2) is 64.7 Å². The topological polar surface area (TPSA) is 43.8 Å². The zero-order valence-electron chi connectivity index (χ0n) is 16.8. The van der Waals surface area contributed by atoms with Crippen molar-refractivity contribution in [2.45, 2.75) is 71.3 Å². The van der Waals surface area contributed by atoms with Crippen molar-refractivity contribution in [1.82, 2.24) is 9.80 Å². The summed E-state index contributed by atoms with van der Waals surface area (Å²) < 4.78 is 0. The molecule has 0 aliphatic carbocycles. The molecule has 5 heteroatoms. The van der Waals surface area contributed by atoms with Gasteiger partial charge in [-0.2, -0.15) is 0 Å². The van der Waals surface area contributed by atoms with Crippen LogP contribution in [0.1, 0.15) is 60.3 Å². The zero-order valence-corrected chi connectivity index (χ0v) is 17.6. The van der Waals surface area contributed by atoms with Gasteiger partial charge in [0.2, 0.25) is 5.91 Å². The number of nitrogens with zero attached hydrogens (tertiary/aromatic N) is 2. The van der Waals surface area contributed by atoms with E-state index in [4.69, 9.17) is 0 Å². The van der Waals surface area contributed by atoms with Crippen LogP contribution in [0.15, 0.2) is 0 Å². The second kappa shape index (κ2) is 8.91. The minimum atomic E-state index is -0.569. The van der Waals surface area contributed by atoms with Crippen LogP contribution >= 0.6 is 11.8 Å². The van der Waals surface area contributed by atoms with Crippen molar-refractivity contribution < 1.29 is 9.90 Å². The van der Waals surface area contributed by atoms with E-state index in [1.54, 1.807) is 11.8 Å². The second-order valence-corrected chi connectivity index (χ2v) is 10.4. The van der Waals surface area contributed by atoms with E-state index in [0.29, 0.717) is 23.0 Å². The van der Waals surface area contributed by atoms with Gasteiger partial charge < -0.3 is 14.9 Å². The molecule has 0 spiro atoms. The largest absolute Gasteiger partial charge is 0.390 e.